The molecule has 1 aliphatic rings. The first-order chi connectivity index (χ1) is 6.36. The third kappa shape index (κ3) is 2.24. The van der Waals surface area contributed by atoms with Crippen molar-refractivity contribution in [3.63, 3.8) is 0 Å². The maximum absolute atomic E-state index is 4.08. The first-order valence-corrected chi connectivity index (χ1v) is 4.43. The molecule has 68 valence electrons. The second-order valence-corrected chi connectivity index (χ2v) is 3.38. The van der Waals surface area contributed by atoms with Crippen molar-refractivity contribution in [2.45, 2.75) is 13.3 Å². The Morgan fingerprint density at radius 2 is 2.54 bits per heavy atom. The molecule has 13 heavy (non-hydrogen) atoms. The molecule has 0 amide bonds. The standard InChI is InChI=1S/C9H12N4/c1-7-5-8(7)6-11-13-9-3-2-4-10-12-9/h2-4,6-8H,5H2,1H3,(H,12,13)/b11-6+. The van der Waals surface area contributed by atoms with E-state index in [4.69, 9.17) is 0 Å². The highest BCUT2D eigenvalue weighted by Gasteiger charge is 2.30. The van der Waals surface area contributed by atoms with E-state index in [0.29, 0.717) is 11.7 Å². The van der Waals surface area contributed by atoms with E-state index in [-0.39, 0.29) is 0 Å². The van der Waals surface area contributed by atoms with E-state index in [1.807, 2.05) is 18.3 Å². The number of hydrogen-bond acceptors (Lipinski definition) is 4. The van der Waals surface area contributed by atoms with Gasteiger partial charge in [0.2, 0.25) is 0 Å². The van der Waals surface area contributed by atoms with Gasteiger partial charge in [-0.15, -0.1) is 5.10 Å². The molecule has 0 radical (unpaired) electrons. The van der Waals surface area contributed by atoms with Gasteiger partial charge < -0.3 is 0 Å². The minimum Gasteiger partial charge on any atom is -0.260 e. The molecule has 0 bridgehead atoms. The Morgan fingerprint density at radius 3 is 3.15 bits per heavy atom. The largest absolute Gasteiger partial charge is 0.260 e. The molecular formula is C9H12N4. The van der Waals surface area contributed by atoms with Crippen LogP contribution < -0.4 is 5.43 Å². The van der Waals surface area contributed by atoms with E-state index < -0.39 is 0 Å². The van der Waals surface area contributed by atoms with Gasteiger partial charge in [-0.2, -0.15) is 10.2 Å². The molecule has 4 nitrogen and oxygen atoms in total. The summed E-state index contributed by atoms with van der Waals surface area (Å²) in [7, 11) is 0. The van der Waals surface area contributed by atoms with Crippen molar-refractivity contribution in [1.29, 1.82) is 0 Å². The van der Waals surface area contributed by atoms with Crippen molar-refractivity contribution >= 4 is 12.0 Å². The summed E-state index contributed by atoms with van der Waals surface area (Å²) in [6.45, 7) is 2.22. The van der Waals surface area contributed by atoms with E-state index in [1.165, 1.54) is 6.42 Å². The zero-order chi connectivity index (χ0) is 9.10. The summed E-state index contributed by atoms with van der Waals surface area (Å²) in [6, 6.07) is 3.66. The lowest BCUT2D eigenvalue weighted by Crippen LogP contribution is -1.94. The van der Waals surface area contributed by atoms with E-state index >= 15 is 0 Å². The van der Waals surface area contributed by atoms with Crippen LogP contribution in [0, 0.1) is 11.8 Å². The lowest BCUT2D eigenvalue weighted by Gasteiger charge is -1.94. The number of nitrogens with one attached hydrogen (secondary N) is 1. The highest BCUT2D eigenvalue weighted by molar-refractivity contribution is 5.65. The maximum Gasteiger partial charge on any atom is 0.168 e. The molecule has 1 N–H and O–H groups in total. The van der Waals surface area contributed by atoms with Crippen LogP contribution in [0.15, 0.2) is 23.4 Å². The summed E-state index contributed by atoms with van der Waals surface area (Å²) < 4.78 is 0. The highest BCUT2D eigenvalue weighted by Crippen LogP contribution is 2.35. The minimum atomic E-state index is 0.657. The van der Waals surface area contributed by atoms with Crippen molar-refractivity contribution in [1.82, 2.24) is 10.2 Å². The Labute approximate surface area is 77.1 Å². The number of nitrogens with zero attached hydrogens (tertiary/aromatic N) is 3. The number of rotatable bonds is 3. The van der Waals surface area contributed by atoms with Gasteiger partial charge in [-0.25, -0.2) is 0 Å². The third-order valence-electron chi connectivity index (χ3n) is 2.19. The van der Waals surface area contributed by atoms with Gasteiger partial charge in [0.05, 0.1) is 0 Å². The lowest BCUT2D eigenvalue weighted by molar-refractivity contribution is 0.932. The van der Waals surface area contributed by atoms with Gasteiger partial charge >= 0.3 is 0 Å². The minimum absolute atomic E-state index is 0.657. The van der Waals surface area contributed by atoms with Gasteiger partial charge in [0.15, 0.2) is 5.82 Å². The van der Waals surface area contributed by atoms with E-state index in [9.17, 15) is 0 Å². The fourth-order valence-electron chi connectivity index (χ4n) is 1.12. The normalized spacial score (nSPS) is 26.2. The van der Waals surface area contributed by atoms with Crippen LogP contribution in [0.1, 0.15) is 13.3 Å². The van der Waals surface area contributed by atoms with Crippen LogP contribution in [0.2, 0.25) is 0 Å². The Balaban J connectivity index is 1.83. The van der Waals surface area contributed by atoms with Crippen molar-refractivity contribution < 1.29 is 0 Å². The van der Waals surface area contributed by atoms with Gasteiger partial charge in [-0.05, 0) is 30.4 Å². The van der Waals surface area contributed by atoms with E-state index in [0.717, 1.165) is 5.92 Å². The molecule has 2 rings (SSSR count). The number of anilines is 1. The van der Waals surface area contributed by atoms with Crippen molar-refractivity contribution in [2.75, 3.05) is 5.43 Å². The molecule has 1 aromatic rings. The quantitative estimate of drug-likeness (QED) is 0.561. The van der Waals surface area contributed by atoms with Crippen LogP contribution in [0.25, 0.3) is 0 Å². The fourth-order valence-corrected chi connectivity index (χ4v) is 1.12. The average molecular weight is 176 g/mol. The summed E-state index contributed by atoms with van der Waals surface area (Å²) in [5, 5.41) is 11.6. The first kappa shape index (κ1) is 8.16. The summed E-state index contributed by atoms with van der Waals surface area (Å²) >= 11 is 0. The van der Waals surface area contributed by atoms with Gasteiger partial charge in [0.25, 0.3) is 0 Å². The molecule has 0 spiro atoms. The summed E-state index contributed by atoms with van der Waals surface area (Å²) in [5.41, 5.74) is 2.83. The molecule has 4 heteroatoms. The Kier molecular flexibility index (Phi) is 2.21. The van der Waals surface area contributed by atoms with Crippen LogP contribution in [0.5, 0.6) is 0 Å². The molecule has 1 saturated carbocycles. The van der Waals surface area contributed by atoms with E-state index in [2.05, 4.69) is 27.6 Å². The van der Waals surface area contributed by atoms with Gasteiger partial charge in [0, 0.05) is 12.4 Å². The van der Waals surface area contributed by atoms with Gasteiger partial charge in [-0.1, -0.05) is 6.92 Å². The van der Waals surface area contributed by atoms with Crippen molar-refractivity contribution in [3.05, 3.63) is 18.3 Å². The predicted octanol–water partition coefficient (Wildman–Crippen LogP) is 1.53. The molecule has 1 heterocycles. The Hall–Kier alpha value is -1.45. The zero-order valence-electron chi connectivity index (χ0n) is 7.51. The molecule has 2 atom stereocenters. The van der Waals surface area contributed by atoms with Crippen molar-refractivity contribution in [3.8, 4) is 0 Å². The Morgan fingerprint density at radius 1 is 1.69 bits per heavy atom. The SMILES string of the molecule is CC1CC1/C=N/Nc1cccnn1. The van der Waals surface area contributed by atoms with Gasteiger partial charge in [-0.3, -0.25) is 5.43 Å². The van der Waals surface area contributed by atoms with Gasteiger partial charge in [0.1, 0.15) is 0 Å². The molecule has 2 unspecified atom stereocenters. The first-order valence-electron chi connectivity index (χ1n) is 4.43. The van der Waals surface area contributed by atoms with Crippen LogP contribution in [-0.2, 0) is 0 Å². The van der Waals surface area contributed by atoms with Crippen LogP contribution >= 0.6 is 0 Å². The smallest absolute Gasteiger partial charge is 0.168 e. The maximum atomic E-state index is 4.08. The fraction of sp³-hybridized carbons (Fsp3) is 0.444. The summed E-state index contributed by atoms with van der Waals surface area (Å²) in [4.78, 5) is 0. The van der Waals surface area contributed by atoms with Crippen LogP contribution in [-0.4, -0.2) is 16.4 Å². The van der Waals surface area contributed by atoms with Crippen molar-refractivity contribution in [2.24, 2.45) is 16.9 Å². The third-order valence-corrected chi connectivity index (χ3v) is 2.19. The molecule has 1 aromatic heterocycles. The molecule has 0 saturated heterocycles. The zero-order valence-corrected chi connectivity index (χ0v) is 7.51. The number of aromatic nitrogens is 2. The molecule has 1 fully saturated rings. The summed E-state index contributed by atoms with van der Waals surface area (Å²) in [5.74, 6) is 2.14. The van der Waals surface area contributed by atoms with Crippen LogP contribution in [0.3, 0.4) is 0 Å². The summed E-state index contributed by atoms with van der Waals surface area (Å²) in [6.07, 6.45) is 4.84. The molecule has 0 aliphatic heterocycles. The average Bonchev–Trinajstić information content (AvgIpc) is 2.84. The molecule has 1 aliphatic carbocycles. The second-order valence-electron chi connectivity index (χ2n) is 3.38. The Bertz CT molecular complexity index is 296. The second kappa shape index (κ2) is 3.51. The number of hydrazone groups is 1. The van der Waals surface area contributed by atoms with Crippen LogP contribution in [0.4, 0.5) is 5.82 Å². The molecular weight excluding hydrogens is 164 g/mol. The number of hydrogen-bond donors (Lipinski definition) is 1. The monoisotopic (exact) mass is 176 g/mol. The predicted molar refractivity (Wildman–Crippen MR) is 51.4 cm³/mol. The topological polar surface area (TPSA) is 50.2 Å². The lowest BCUT2D eigenvalue weighted by atomic mass is 10.4. The molecule has 0 aromatic carbocycles. The highest BCUT2D eigenvalue weighted by atomic mass is 15.3. The van der Waals surface area contributed by atoms with E-state index in [1.54, 1.807) is 6.20 Å².